The highest BCUT2D eigenvalue weighted by Crippen LogP contribution is 2.33. The Kier molecular flexibility index (Phi) is 6.59. The lowest BCUT2D eigenvalue weighted by atomic mass is 10.2. The molecule has 0 bridgehead atoms. The molecule has 168 valence electrons. The van der Waals surface area contributed by atoms with E-state index in [0.29, 0.717) is 46.8 Å². The molecule has 7 heteroatoms. The van der Waals surface area contributed by atoms with Gasteiger partial charge in [0.25, 0.3) is 0 Å². The van der Waals surface area contributed by atoms with Crippen molar-refractivity contribution in [2.75, 3.05) is 13.2 Å². The van der Waals surface area contributed by atoms with Gasteiger partial charge in [-0.1, -0.05) is 0 Å². The molecule has 1 aromatic heterocycles. The van der Waals surface area contributed by atoms with Crippen molar-refractivity contribution < 1.29 is 33.0 Å². The Morgan fingerprint density at radius 2 is 1.24 bits per heavy atom. The predicted molar refractivity (Wildman–Crippen MR) is 121 cm³/mol. The molecule has 0 saturated heterocycles. The number of hydrogen-bond donors (Lipinski definition) is 0. The first-order valence-corrected chi connectivity index (χ1v) is 10.5. The van der Waals surface area contributed by atoms with Gasteiger partial charge in [-0.05, 0) is 68.4 Å². The largest absolute Gasteiger partial charge is 0.494 e. The number of carbonyl (C=O) groups excluding carboxylic acids is 2. The number of furan rings is 1. The van der Waals surface area contributed by atoms with Crippen molar-refractivity contribution in [3.8, 4) is 23.0 Å². The molecule has 0 N–H and O–H groups in total. The number of benzene rings is 3. The molecule has 0 aliphatic heterocycles. The Bertz CT molecular complexity index is 1250. The molecular weight excluding hydrogens is 424 g/mol. The van der Waals surface area contributed by atoms with Crippen LogP contribution in [-0.4, -0.2) is 25.2 Å². The molecule has 33 heavy (non-hydrogen) atoms. The van der Waals surface area contributed by atoms with Crippen molar-refractivity contribution in [1.82, 2.24) is 0 Å². The maximum Gasteiger partial charge on any atom is 0.343 e. The van der Waals surface area contributed by atoms with Crippen molar-refractivity contribution in [3.05, 3.63) is 84.1 Å². The highest BCUT2D eigenvalue weighted by Gasteiger charge is 2.17. The normalized spacial score (nSPS) is 10.6. The number of hydrogen-bond acceptors (Lipinski definition) is 7. The van der Waals surface area contributed by atoms with E-state index >= 15 is 0 Å². The second-order valence-corrected chi connectivity index (χ2v) is 6.95. The van der Waals surface area contributed by atoms with Gasteiger partial charge in [-0.2, -0.15) is 0 Å². The van der Waals surface area contributed by atoms with Crippen LogP contribution in [0.25, 0.3) is 11.0 Å². The Morgan fingerprint density at radius 3 is 1.79 bits per heavy atom. The van der Waals surface area contributed by atoms with Crippen molar-refractivity contribution in [1.29, 1.82) is 0 Å². The zero-order valence-electron chi connectivity index (χ0n) is 18.2. The van der Waals surface area contributed by atoms with E-state index in [1.807, 2.05) is 13.8 Å². The second kappa shape index (κ2) is 9.91. The van der Waals surface area contributed by atoms with Crippen LogP contribution in [0.15, 0.2) is 77.4 Å². The topological polar surface area (TPSA) is 84.2 Å². The van der Waals surface area contributed by atoms with Crippen LogP contribution < -0.4 is 18.9 Å². The van der Waals surface area contributed by atoms with E-state index < -0.39 is 11.9 Å². The summed E-state index contributed by atoms with van der Waals surface area (Å²) in [4.78, 5) is 25.3. The molecule has 0 spiro atoms. The second-order valence-electron chi connectivity index (χ2n) is 6.95. The first-order chi connectivity index (χ1) is 16.1. The highest BCUT2D eigenvalue weighted by atomic mass is 16.5. The van der Waals surface area contributed by atoms with E-state index in [-0.39, 0.29) is 11.5 Å². The third-order valence-corrected chi connectivity index (χ3v) is 4.72. The molecule has 0 fully saturated rings. The van der Waals surface area contributed by atoms with E-state index in [2.05, 4.69) is 0 Å². The number of carbonyl (C=O) groups is 2. The third-order valence-electron chi connectivity index (χ3n) is 4.72. The average Bonchev–Trinajstić information content (AvgIpc) is 3.29. The van der Waals surface area contributed by atoms with E-state index in [9.17, 15) is 9.59 Å². The first-order valence-electron chi connectivity index (χ1n) is 10.5. The Labute approximate surface area is 190 Å². The monoisotopic (exact) mass is 446 g/mol. The number of rotatable bonds is 8. The zero-order chi connectivity index (χ0) is 23.2. The van der Waals surface area contributed by atoms with Crippen molar-refractivity contribution in [2.45, 2.75) is 13.8 Å². The molecule has 4 rings (SSSR count). The predicted octanol–water partition coefficient (Wildman–Crippen LogP) is 5.67. The van der Waals surface area contributed by atoms with Gasteiger partial charge in [0.05, 0.1) is 36.0 Å². The van der Waals surface area contributed by atoms with Crippen LogP contribution in [0.3, 0.4) is 0 Å². The van der Waals surface area contributed by atoms with Crippen LogP contribution in [0.2, 0.25) is 0 Å². The molecule has 1 heterocycles. The molecule has 0 atom stereocenters. The van der Waals surface area contributed by atoms with Gasteiger partial charge in [-0.15, -0.1) is 0 Å². The summed E-state index contributed by atoms with van der Waals surface area (Å²) < 4.78 is 27.3. The summed E-state index contributed by atoms with van der Waals surface area (Å²) in [7, 11) is 0. The molecule has 0 saturated carbocycles. The molecule has 0 unspecified atom stereocenters. The molecule has 7 nitrogen and oxygen atoms in total. The van der Waals surface area contributed by atoms with Crippen LogP contribution in [0, 0.1) is 0 Å². The summed E-state index contributed by atoms with van der Waals surface area (Å²) in [5.74, 6) is 0.604. The van der Waals surface area contributed by atoms with Gasteiger partial charge in [-0.25, -0.2) is 9.59 Å². The SMILES string of the molecule is CCOc1ccc(C(=O)Oc2cc(OC(=O)c3ccc(OCC)cc3)c3ccoc3c2)cc1. The fourth-order valence-electron chi connectivity index (χ4n) is 3.19. The lowest BCUT2D eigenvalue weighted by Gasteiger charge is -2.10. The molecule has 0 aliphatic carbocycles. The van der Waals surface area contributed by atoms with Crippen LogP contribution >= 0.6 is 0 Å². The van der Waals surface area contributed by atoms with E-state index in [1.165, 1.54) is 12.3 Å². The summed E-state index contributed by atoms with van der Waals surface area (Å²) in [5.41, 5.74) is 1.12. The fourth-order valence-corrected chi connectivity index (χ4v) is 3.19. The van der Waals surface area contributed by atoms with Crippen LogP contribution in [0.5, 0.6) is 23.0 Å². The lowest BCUT2D eigenvalue weighted by molar-refractivity contribution is 0.0734. The Hall–Kier alpha value is -4.26. The smallest absolute Gasteiger partial charge is 0.343 e. The molecule has 3 aromatic carbocycles. The molecule has 4 aromatic rings. The highest BCUT2D eigenvalue weighted by molar-refractivity contribution is 5.96. The maximum absolute atomic E-state index is 12.7. The zero-order valence-corrected chi connectivity index (χ0v) is 18.2. The fraction of sp³-hybridized carbons (Fsp3) is 0.154. The quantitative estimate of drug-likeness (QED) is 0.255. The minimum atomic E-state index is -0.562. The van der Waals surface area contributed by atoms with E-state index in [4.69, 9.17) is 23.4 Å². The molecule has 0 amide bonds. The van der Waals surface area contributed by atoms with Crippen LogP contribution in [0.4, 0.5) is 0 Å². The van der Waals surface area contributed by atoms with Crippen LogP contribution in [0.1, 0.15) is 34.6 Å². The van der Waals surface area contributed by atoms with Crippen molar-refractivity contribution in [2.24, 2.45) is 0 Å². The van der Waals surface area contributed by atoms with Gasteiger partial charge in [0.15, 0.2) is 0 Å². The summed E-state index contributed by atoms with van der Waals surface area (Å²) in [6, 6.07) is 18.0. The Morgan fingerprint density at radius 1 is 0.697 bits per heavy atom. The van der Waals surface area contributed by atoms with Gasteiger partial charge >= 0.3 is 11.9 Å². The minimum Gasteiger partial charge on any atom is -0.494 e. The van der Waals surface area contributed by atoms with Crippen molar-refractivity contribution in [3.63, 3.8) is 0 Å². The number of esters is 2. The van der Waals surface area contributed by atoms with Gasteiger partial charge < -0.3 is 23.4 Å². The molecule has 0 radical (unpaired) electrons. The van der Waals surface area contributed by atoms with Gasteiger partial charge in [0.2, 0.25) is 0 Å². The number of fused-ring (bicyclic) bond motifs is 1. The third kappa shape index (κ3) is 5.15. The summed E-state index contributed by atoms with van der Waals surface area (Å²) in [6.45, 7) is 4.83. The van der Waals surface area contributed by atoms with Crippen LogP contribution in [-0.2, 0) is 0 Å². The average molecular weight is 446 g/mol. The maximum atomic E-state index is 12.7. The van der Waals surface area contributed by atoms with Gasteiger partial charge in [0, 0.05) is 12.1 Å². The Balaban J connectivity index is 1.54. The minimum absolute atomic E-state index is 0.186. The van der Waals surface area contributed by atoms with E-state index in [1.54, 1.807) is 60.7 Å². The number of ether oxygens (including phenoxy) is 4. The molecular formula is C26H22O7. The summed E-state index contributed by atoms with van der Waals surface area (Å²) >= 11 is 0. The standard InChI is InChI=1S/C26H22O7/c1-3-29-19-9-5-17(6-10-19)25(27)32-21-15-23-22(13-14-31-23)24(16-21)33-26(28)18-7-11-20(12-8-18)30-4-2/h5-16H,3-4H2,1-2H3. The lowest BCUT2D eigenvalue weighted by Crippen LogP contribution is -2.10. The molecule has 0 aliphatic rings. The van der Waals surface area contributed by atoms with E-state index in [0.717, 1.165) is 0 Å². The van der Waals surface area contributed by atoms with Crippen molar-refractivity contribution >= 4 is 22.9 Å². The summed E-state index contributed by atoms with van der Waals surface area (Å²) in [6.07, 6.45) is 1.47. The summed E-state index contributed by atoms with van der Waals surface area (Å²) in [5, 5.41) is 0.579. The first kappa shape index (κ1) is 22.0. The van der Waals surface area contributed by atoms with Gasteiger partial charge in [-0.3, -0.25) is 0 Å². The van der Waals surface area contributed by atoms with Gasteiger partial charge in [0.1, 0.15) is 28.6 Å².